The molecule has 2 N–H and O–H groups in total. The van der Waals surface area contributed by atoms with Crippen molar-refractivity contribution >= 4 is 34.8 Å². The number of hydrogen-bond acceptors (Lipinski definition) is 7. The molecule has 1 atom stereocenters. The normalized spacial score (nSPS) is 11.1. The first kappa shape index (κ1) is 21.4. The number of carbonyl (C=O) groups is 3. The van der Waals surface area contributed by atoms with Crippen LogP contribution in [0.2, 0.25) is 0 Å². The molecule has 0 heterocycles. The van der Waals surface area contributed by atoms with Crippen molar-refractivity contribution in [3.05, 3.63) is 58.1 Å². The minimum Gasteiger partial charge on any atom is -0.495 e. The molecule has 0 aliphatic carbocycles. The van der Waals surface area contributed by atoms with E-state index in [4.69, 9.17) is 9.47 Å². The number of amides is 2. The number of esters is 1. The van der Waals surface area contributed by atoms with Gasteiger partial charge in [0.1, 0.15) is 5.75 Å². The summed E-state index contributed by atoms with van der Waals surface area (Å²) < 4.78 is 10.2. The SMILES string of the molecule is COc1ccc([N+](=O)[O-])cc1NC(=O)[C@@H](C)OC(=O)c1cccc(NC(C)=O)c1. The Hall–Kier alpha value is -3.95. The quantitative estimate of drug-likeness (QED) is 0.413. The van der Waals surface area contributed by atoms with Crippen LogP contribution in [-0.2, 0) is 14.3 Å². The van der Waals surface area contributed by atoms with Crippen LogP contribution < -0.4 is 15.4 Å². The number of rotatable bonds is 7. The number of carbonyl (C=O) groups excluding carboxylic acids is 3. The Morgan fingerprint density at radius 1 is 1.10 bits per heavy atom. The van der Waals surface area contributed by atoms with Crippen molar-refractivity contribution in [2.75, 3.05) is 17.7 Å². The Balaban J connectivity index is 2.09. The van der Waals surface area contributed by atoms with Crippen LogP contribution in [0, 0.1) is 10.1 Å². The molecule has 0 unspecified atom stereocenters. The smallest absolute Gasteiger partial charge is 0.338 e. The Morgan fingerprint density at radius 2 is 1.83 bits per heavy atom. The molecule has 0 spiro atoms. The first-order valence-corrected chi connectivity index (χ1v) is 8.43. The molecule has 0 saturated carbocycles. The van der Waals surface area contributed by atoms with Gasteiger partial charge in [0.15, 0.2) is 6.10 Å². The highest BCUT2D eigenvalue weighted by Gasteiger charge is 2.21. The van der Waals surface area contributed by atoms with Crippen molar-refractivity contribution in [1.82, 2.24) is 0 Å². The minimum atomic E-state index is -1.20. The molecule has 10 heteroatoms. The highest BCUT2D eigenvalue weighted by Crippen LogP contribution is 2.29. The van der Waals surface area contributed by atoms with Gasteiger partial charge < -0.3 is 20.1 Å². The van der Waals surface area contributed by atoms with Crippen molar-refractivity contribution in [1.29, 1.82) is 0 Å². The van der Waals surface area contributed by atoms with Crippen LogP contribution in [0.3, 0.4) is 0 Å². The third kappa shape index (κ3) is 5.76. The number of nitrogens with one attached hydrogen (secondary N) is 2. The molecule has 2 aromatic rings. The Bertz CT molecular complexity index is 959. The number of methoxy groups -OCH3 is 1. The second kappa shape index (κ2) is 9.31. The number of nitro benzene ring substituents is 1. The molecule has 0 aliphatic heterocycles. The van der Waals surface area contributed by atoms with E-state index in [1.807, 2.05) is 0 Å². The van der Waals surface area contributed by atoms with E-state index >= 15 is 0 Å². The zero-order valence-corrected chi connectivity index (χ0v) is 15.9. The lowest BCUT2D eigenvalue weighted by molar-refractivity contribution is -0.384. The molecular formula is C19H19N3O7. The van der Waals surface area contributed by atoms with Gasteiger partial charge in [-0.1, -0.05) is 6.07 Å². The molecule has 0 saturated heterocycles. The zero-order valence-electron chi connectivity index (χ0n) is 15.9. The molecule has 0 radical (unpaired) electrons. The molecule has 10 nitrogen and oxygen atoms in total. The number of non-ortho nitro benzene ring substituents is 1. The number of ether oxygens (including phenoxy) is 2. The number of anilines is 2. The van der Waals surface area contributed by atoms with Gasteiger partial charge in [-0.15, -0.1) is 0 Å². The fraction of sp³-hybridized carbons (Fsp3) is 0.211. The van der Waals surface area contributed by atoms with E-state index in [-0.39, 0.29) is 28.6 Å². The van der Waals surface area contributed by atoms with Crippen LogP contribution in [0.5, 0.6) is 5.75 Å². The van der Waals surface area contributed by atoms with Crippen LogP contribution >= 0.6 is 0 Å². The first-order valence-electron chi connectivity index (χ1n) is 8.43. The average Bonchev–Trinajstić information content (AvgIpc) is 2.67. The zero-order chi connectivity index (χ0) is 21.6. The second-order valence-corrected chi connectivity index (χ2v) is 5.94. The van der Waals surface area contributed by atoms with Crippen LogP contribution in [0.25, 0.3) is 0 Å². The first-order chi connectivity index (χ1) is 13.7. The minimum absolute atomic E-state index is 0.0715. The van der Waals surface area contributed by atoms with E-state index in [2.05, 4.69) is 10.6 Å². The lowest BCUT2D eigenvalue weighted by Gasteiger charge is -2.15. The van der Waals surface area contributed by atoms with Crippen LogP contribution in [0.15, 0.2) is 42.5 Å². The summed E-state index contributed by atoms with van der Waals surface area (Å²) in [5.74, 6) is -1.55. The molecule has 0 fully saturated rings. The van der Waals surface area contributed by atoms with Crippen molar-refractivity contribution in [2.24, 2.45) is 0 Å². The lowest BCUT2D eigenvalue weighted by atomic mass is 10.2. The highest BCUT2D eigenvalue weighted by atomic mass is 16.6. The highest BCUT2D eigenvalue weighted by molar-refractivity contribution is 5.99. The molecule has 2 aromatic carbocycles. The maximum atomic E-state index is 12.4. The average molecular weight is 401 g/mol. The summed E-state index contributed by atoms with van der Waals surface area (Å²) in [4.78, 5) is 46.1. The summed E-state index contributed by atoms with van der Waals surface area (Å²) in [6, 6.07) is 9.77. The fourth-order valence-electron chi connectivity index (χ4n) is 2.35. The number of hydrogen-bond donors (Lipinski definition) is 2. The summed E-state index contributed by atoms with van der Waals surface area (Å²) in [6.45, 7) is 2.69. The molecule has 0 aliphatic rings. The predicted octanol–water partition coefficient (Wildman–Crippen LogP) is 2.75. The maximum absolute atomic E-state index is 12.4. The number of nitrogens with zero attached hydrogens (tertiary/aromatic N) is 1. The van der Waals surface area contributed by atoms with Gasteiger partial charge in [-0.3, -0.25) is 19.7 Å². The van der Waals surface area contributed by atoms with E-state index < -0.39 is 22.9 Å². The molecule has 2 rings (SSSR count). The van der Waals surface area contributed by atoms with Gasteiger partial charge in [0, 0.05) is 24.7 Å². The van der Waals surface area contributed by atoms with Crippen molar-refractivity contribution in [3.8, 4) is 5.75 Å². The third-order valence-electron chi connectivity index (χ3n) is 3.72. The van der Waals surface area contributed by atoms with Crippen molar-refractivity contribution in [3.63, 3.8) is 0 Å². The fourth-order valence-corrected chi connectivity index (χ4v) is 2.35. The monoisotopic (exact) mass is 401 g/mol. The van der Waals surface area contributed by atoms with Gasteiger partial charge in [0.25, 0.3) is 11.6 Å². The second-order valence-electron chi connectivity index (χ2n) is 5.94. The maximum Gasteiger partial charge on any atom is 0.338 e. The van der Waals surface area contributed by atoms with Gasteiger partial charge in [0.2, 0.25) is 5.91 Å². The van der Waals surface area contributed by atoms with E-state index in [0.717, 1.165) is 6.07 Å². The van der Waals surface area contributed by atoms with Gasteiger partial charge in [-0.2, -0.15) is 0 Å². The van der Waals surface area contributed by atoms with Gasteiger partial charge in [-0.25, -0.2) is 4.79 Å². The molecule has 0 aromatic heterocycles. The van der Waals surface area contributed by atoms with E-state index in [1.54, 1.807) is 12.1 Å². The van der Waals surface area contributed by atoms with Crippen molar-refractivity contribution in [2.45, 2.75) is 20.0 Å². The predicted molar refractivity (Wildman–Crippen MR) is 104 cm³/mol. The van der Waals surface area contributed by atoms with Crippen LogP contribution in [-0.4, -0.2) is 35.9 Å². The number of nitro groups is 1. The topological polar surface area (TPSA) is 137 Å². The van der Waals surface area contributed by atoms with Gasteiger partial charge in [-0.05, 0) is 31.2 Å². The van der Waals surface area contributed by atoms with E-state index in [1.165, 1.54) is 45.2 Å². The molecular weight excluding hydrogens is 382 g/mol. The van der Waals surface area contributed by atoms with Gasteiger partial charge in [0.05, 0.1) is 23.3 Å². The van der Waals surface area contributed by atoms with Crippen molar-refractivity contribution < 1.29 is 28.8 Å². The van der Waals surface area contributed by atoms with Gasteiger partial charge >= 0.3 is 5.97 Å². The molecule has 152 valence electrons. The Labute approximate surface area is 166 Å². The van der Waals surface area contributed by atoms with Crippen LogP contribution in [0.4, 0.5) is 17.1 Å². The largest absolute Gasteiger partial charge is 0.495 e. The standard InChI is InChI=1S/C19H19N3O7/c1-11(29-19(25)13-5-4-6-14(9-13)20-12(2)23)18(24)21-16-10-15(22(26)27)7-8-17(16)28-3/h4-11H,1-3H3,(H,20,23)(H,21,24)/t11-/m1/s1. The third-order valence-corrected chi connectivity index (χ3v) is 3.72. The number of benzene rings is 2. The summed E-state index contributed by atoms with van der Waals surface area (Å²) in [7, 11) is 1.35. The Morgan fingerprint density at radius 3 is 2.45 bits per heavy atom. The van der Waals surface area contributed by atoms with E-state index in [9.17, 15) is 24.5 Å². The summed E-state index contributed by atoms with van der Waals surface area (Å²) >= 11 is 0. The lowest BCUT2D eigenvalue weighted by Crippen LogP contribution is -2.30. The Kier molecular flexibility index (Phi) is 6.85. The molecule has 0 bridgehead atoms. The summed E-state index contributed by atoms with van der Waals surface area (Å²) in [6.07, 6.45) is -1.20. The van der Waals surface area contributed by atoms with Crippen LogP contribution in [0.1, 0.15) is 24.2 Å². The summed E-state index contributed by atoms with van der Waals surface area (Å²) in [5, 5.41) is 15.9. The molecule has 2 amide bonds. The summed E-state index contributed by atoms with van der Waals surface area (Å²) in [5.41, 5.74) is 0.386. The van der Waals surface area contributed by atoms with E-state index in [0.29, 0.717) is 5.69 Å². The molecule has 29 heavy (non-hydrogen) atoms.